The maximum atomic E-state index is 14.0. The van der Waals surface area contributed by atoms with Gasteiger partial charge in [-0.3, -0.25) is 4.79 Å². The predicted octanol–water partition coefficient (Wildman–Crippen LogP) is 4.45. The van der Waals surface area contributed by atoms with Crippen LogP contribution >= 0.6 is 0 Å². The number of benzene rings is 1. The standard InChI is InChI=1S/C40H44N6O7/c1-20-11-28(47)35-29(50-20)16-30-34(36(35)48)25-5-4-9-40(38(49)51-37(25)39(2,3)52-30)31(53-40)7-6-21-12-26(45-32(41)13-21)23-14-24(44-33(42)15-23)18-46-17-22-8-10-43-27(22)19-46/h8,10-17,19,24-26,31,37,43-45,48H,4-7,9,18,41-42H2,1-3H3/t24?,25-,26?,31+,37+,40-/m0/s1. The number of aryl methyl sites for hydroxylation is 1. The summed E-state index contributed by atoms with van der Waals surface area (Å²) in [6.07, 6.45) is 16.3. The second-order valence-corrected chi connectivity index (χ2v) is 15.6. The Labute approximate surface area is 305 Å². The summed E-state index contributed by atoms with van der Waals surface area (Å²) in [6, 6.07) is 4.89. The first-order valence-corrected chi connectivity index (χ1v) is 18.3. The molecule has 13 nitrogen and oxygen atoms in total. The van der Waals surface area contributed by atoms with Crippen molar-refractivity contribution in [3.63, 3.8) is 0 Å². The zero-order valence-electron chi connectivity index (χ0n) is 29.9. The molecule has 9 rings (SSSR count). The lowest BCUT2D eigenvalue weighted by Gasteiger charge is -2.45. The quantitative estimate of drug-likeness (QED) is 0.122. The Kier molecular flexibility index (Phi) is 7.53. The van der Waals surface area contributed by atoms with Crippen LogP contribution in [0.4, 0.5) is 0 Å². The molecule has 0 radical (unpaired) electrons. The van der Waals surface area contributed by atoms with Gasteiger partial charge in [0.2, 0.25) is 0 Å². The number of epoxide rings is 1. The van der Waals surface area contributed by atoms with E-state index in [0.29, 0.717) is 67.4 Å². The Morgan fingerprint density at radius 3 is 2.74 bits per heavy atom. The molecule has 5 aliphatic rings. The summed E-state index contributed by atoms with van der Waals surface area (Å²) >= 11 is 0. The number of dihydropyridines is 2. The molecule has 0 amide bonds. The molecule has 53 heavy (non-hydrogen) atoms. The van der Waals surface area contributed by atoms with Crippen LogP contribution in [-0.4, -0.2) is 56.1 Å². The summed E-state index contributed by atoms with van der Waals surface area (Å²) in [7, 11) is 0. The number of nitrogens with two attached hydrogens (primary N) is 2. The Balaban J connectivity index is 0.896. The fourth-order valence-corrected chi connectivity index (χ4v) is 8.91. The van der Waals surface area contributed by atoms with E-state index in [1.54, 1.807) is 13.0 Å². The van der Waals surface area contributed by atoms with E-state index in [-0.39, 0.29) is 46.3 Å². The van der Waals surface area contributed by atoms with Crippen LogP contribution in [0.15, 0.2) is 93.1 Å². The van der Waals surface area contributed by atoms with Gasteiger partial charge in [-0.1, -0.05) is 12.2 Å². The number of hydrogen-bond acceptors (Lipinski definition) is 11. The SMILES string of the molecule is Cc1cc(=O)c2c(O)c3c(cc2o1)OC(C)(C)[C@@H]1OC(=O)[C@@]2(CCC[C@@H]31)O[C@@H]2CCC1=CC(C2=CC(Cn3cc4cc[nH]c4c3)NC(N)=C2)NC(N)=C1. The fraction of sp³-hybridized carbons (Fsp3) is 0.400. The molecule has 1 spiro atoms. The number of esters is 1. The number of H-pyrrole nitrogens is 1. The second kappa shape index (κ2) is 12.0. The van der Waals surface area contributed by atoms with Crippen molar-refractivity contribution in [2.75, 3.05) is 0 Å². The molecule has 0 saturated carbocycles. The van der Waals surface area contributed by atoms with Gasteiger partial charge in [0.05, 0.1) is 35.3 Å². The number of aromatic hydroxyl groups is 1. The van der Waals surface area contributed by atoms with Gasteiger partial charge in [0.15, 0.2) is 11.0 Å². The summed E-state index contributed by atoms with van der Waals surface area (Å²) in [5, 5.41) is 19.4. The molecule has 4 aromatic rings. The number of nitrogens with zero attached hydrogens (tertiary/aromatic N) is 1. The van der Waals surface area contributed by atoms with Crippen molar-refractivity contribution in [2.45, 2.75) is 101 Å². The Morgan fingerprint density at radius 1 is 1.08 bits per heavy atom. The van der Waals surface area contributed by atoms with E-state index in [1.165, 1.54) is 6.07 Å². The highest BCUT2D eigenvalue weighted by Gasteiger charge is 2.65. The molecular formula is C40H44N6O7. The zero-order valence-corrected chi connectivity index (χ0v) is 29.9. The van der Waals surface area contributed by atoms with Crippen LogP contribution in [0, 0.1) is 6.92 Å². The normalized spacial score (nSPS) is 28.9. The van der Waals surface area contributed by atoms with Crippen molar-refractivity contribution >= 4 is 27.8 Å². The smallest absolute Gasteiger partial charge is 0.341 e. The van der Waals surface area contributed by atoms with E-state index in [2.05, 4.69) is 50.8 Å². The maximum absolute atomic E-state index is 14.0. The summed E-state index contributed by atoms with van der Waals surface area (Å²) in [5.74, 6) is 1.02. The summed E-state index contributed by atoms with van der Waals surface area (Å²) in [6.45, 7) is 6.13. The zero-order chi connectivity index (χ0) is 36.8. The van der Waals surface area contributed by atoms with Crippen molar-refractivity contribution in [3.8, 4) is 11.5 Å². The number of hydrogen-bond donors (Lipinski definition) is 6. The van der Waals surface area contributed by atoms with Gasteiger partial charge < -0.3 is 55.4 Å². The molecule has 2 fully saturated rings. The lowest BCUT2D eigenvalue weighted by atomic mass is 9.76. The van der Waals surface area contributed by atoms with E-state index in [9.17, 15) is 14.7 Å². The monoisotopic (exact) mass is 720 g/mol. The van der Waals surface area contributed by atoms with Crippen molar-refractivity contribution in [1.29, 1.82) is 0 Å². The number of rotatable bonds is 6. The minimum Gasteiger partial charge on any atom is -0.507 e. The molecule has 1 aromatic carbocycles. The average Bonchev–Trinajstić information content (AvgIpc) is 3.40. The van der Waals surface area contributed by atoms with E-state index in [4.69, 9.17) is 30.1 Å². The molecule has 2 saturated heterocycles. The third-order valence-corrected chi connectivity index (χ3v) is 11.4. The molecule has 0 bridgehead atoms. The highest BCUT2D eigenvalue weighted by Crippen LogP contribution is 2.54. The number of ether oxygens (including phenoxy) is 3. The van der Waals surface area contributed by atoms with Crippen LogP contribution in [0.3, 0.4) is 0 Å². The Bertz CT molecular complexity index is 2330. The van der Waals surface area contributed by atoms with E-state index < -0.39 is 23.3 Å². The summed E-state index contributed by atoms with van der Waals surface area (Å²) < 4.78 is 26.8. The average molecular weight is 721 g/mol. The van der Waals surface area contributed by atoms with Crippen LogP contribution in [0.1, 0.15) is 63.2 Å². The molecule has 276 valence electrons. The van der Waals surface area contributed by atoms with Crippen molar-refractivity contribution in [1.82, 2.24) is 20.2 Å². The van der Waals surface area contributed by atoms with Crippen molar-refractivity contribution in [2.24, 2.45) is 11.5 Å². The van der Waals surface area contributed by atoms with Crippen LogP contribution in [0.5, 0.6) is 11.5 Å². The minimum atomic E-state index is -1.04. The lowest BCUT2D eigenvalue weighted by molar-refractivity contribution is -0.173. The molecule has 0 aliphatic carbocycles. The maximum Gasteiger partial charge on any atom is 0.341 e. The number of phenols is 1. The summed E-state index contributed by atoms with van der Waals surface area (Å²) in [5.41, 5.74) is 14.3. The molecule has 2 unspecified atom stereocenters. The number of allylic oxidation sites excluding steroid dienone is 2. The third kappa shape index (κ3) is 5.74. The predicted molar refractivity (Wildman–Crippen MR) is 198 cm³/mol. The van der Waals surface area contributed by atoms with Gasteiger partial charge in [-0.2, -0.15) is 0 Å². The van der Waals surface area contributed by atoms with Gasteiger partial charge >= 0.3 is 5.97 Å². The van der Waals surface area contributed by atoms with E-state index in [0.717, 1.165) is 22.0 Å². The largest absolute Gasteiger partial charge is 0.507 e. The first-order valence-electron chi connectivity index (χ1n) is 18.3. The molecule has 6 atom stereocenters. The lowest BCUT2D eigenvalue weighted by Crippen LogP contribution is -2.53. The number of fused-ring (bicyclic) bond motifs is 5. The van der Waals surface area contributed by atoms with Crippen LogP contribution in [-0.2, 0) is 20.8 Å². The van der Waals surface area contributed by atoms with Gasteiger partial charge in [0.25, 0.3) is 0 Å². The fourth-order valence-electron chi connectivity index (χ4n) is 8.91. The number of phenolic OH excluding ortho intramolecular Hbond substituents is 1. The minimum absolute atomic E-state index is 0.0118. The van der Waals surface area contributed by atoms with Crippen molar-refractivity contribution < 1.29 is 28.5 Å². The number of aromatic amines is 1. The number of nitrogens with one attached hydrogen (secondary N) is 3. The van der Waals surface area contributed by atoms with E-state index >= 15 is 0 Å². The molecule has 5 aliphatic heterocycles. The van der Waals surface area contributed by atoms with Crippen LogP contribution in [0.25, 0.3) is 21.9 Å². The third-order valence-electron chi connectivity index (χ3n) is 11.4. The topological polar surface area (TPSA) is 195 Å². The van der Waals surface area contributed by atoms with Crippen LogP contribution < -0.4 is 32.3 Å². The molecule has 13 heteroatoms. The highest BCUT2D eigenvalue weighted by atomic mass is 16.7. The first kappa shape index (κ1) is 33.3. The summed E-state index contributed by atoms with van der Waals surface area (Å²) in [4.78, 5) is 30.1. The van der Waals surface area contributed by atoms with Gasteiger partial charge in [0, 0.05) is 54.1 Å². The molecule has 8 heterocycles. The molecular weight excluding hydrogens is 676 g/mol. The van der Waals surface area contributed by atoms with Crippen LogP contribution in [0.2, 0.25) is 0 Å². The van der Waals surface area contributed by atoms with Gasteiger partial charge in [-0.25, -0.2) is 4.79 Å². The van der Waals surface area contributed by atoms with Crippen molar-refractivity contribution in [3.05, 3.63) is 105 Å². The van der Waals surface area contributed by atoms with E-state index in [1.807, 2.05) is 32.2 Å². The Morgan fingerprint density at radius 2 is 1.91 bits per heavy atom. The van der Waals surface area contributed by atoms with Gasteiger partial charge in [-0.05, 0) is 82.2 Å². The van der Waals surface area contributed by atoms with Gasteiger partial charge in [-0.15, -0.1) is 0 Å². The van der Waals surface area contributed by atoms with Gasteiger partial charge in [0.1, 0.15) is 39.9 Å². The number of carbonyl (C=O) groups is 1. The number of carbonyl (C=O) groups excluding carboxylic acids is 1. The first-order chi connectivity index (χ1) is 25.4. The number of aromatic nitrogens is 2. The second-order valence-electron chi connectivity index (χ2n) is 15.6. The molecule has 3 aromatic heterocycles. The highest BCUT2D eigenvalue weighted by molar-refractivity contribution is 5.88. The molecule has 8 N–H and O–H groups in total. The Hall–Kier alpha value is -5.56.